The van der Waals surface area contributed by atoms with Gasteiger partial charge >= 0.3 is 5.97 Å². The van der Waals surface area contributed by atoms with Crippen LogP contribution in [0.5, 0.6) is 0 Å². The van der Waals surface area contributed by atoms with Gasteiger partial charge in [0.25, 0.3) is 5.79 Å². The van der Waals surface area contributed by atoms with E-state index in [0.717, 1.165) is 64.7 Å². The highest BCUT2D eigenvalue weighted by atomic mass is 16.8. The predicted molar refractivity (Wildman–Crippen MR) is 385 cm³/mol. The van der Waals surface area contributed by atoms with Crippen LogP contribution in [0.25, 0.3) is 0 Å². The molecular formula is C77H144N2O21. The van der Waals surface area contributed by atoms with Gasteiger partial charge < -0.3 is 100 Å². The molecule has 3 aliphatic heterocycles. The Hall–Kier alpha value is -2.53. The number of carboxylic acid groups (broad SMARTS) is 1. The maximum Gasteiger partial charge on any atom is 0.364 e. The third-order valence-electron chi connectivity index (χ3n) is 20.5. The Morgan fingerprint density at radius 2 is 0.930 bits per heavy atom. The monoisotopic (exact) mass is 1430 g/mol. The molecule has 14 N–H and O–H groups in total. The second-order valence-corrected chi connectivity index (χ2v) is 29.3. The molecule has 18 unspecified atom stereocenters. The van der Waals surface area contributed by atoms with E-state index in [1.165, 1.54) is 218 Å². The number of hydrogen-bond acceptors (Lipinski definition) is 20. The fraction of sp³-hybridized carbons (Fsp3) is 0.935. The number of aliphatic hydroxyl groups is 11. The summed E-state index contributed by atoms with van der Waals surface area (Å²) >= 11 is 0. The van der Waals surface area contributed by atoms with Crippen molar-refractivity contribution in [3.63, 3.8) is 0 Å². The number of rotatable bonds is 63. The van der Waals surface area contributed by atoms with Gasteiger partial charge in [-0.25, -0.2) is 4.79 Å². The van der Waals surface area contributed by atoms with Crippen molar-refractivity contribution in [3.05, 3.63) is 12.2 Å². The maximum atomic E-state index is 13.4. The zero-order chi connectivity index (χ0) is 73.2. The molecule has 0 bridgehead atoms. The number of hydrogen-bond donors (Lipinski definition) is 14. The molecular weight excluding hydrogens is 1290 g/mol. The molecule has 0 aliphatic carbocycles. The van der Waals surface area contributed by atoms with Crippen molar-refractivity contribution >= 4 is 17.8 Å². The SMILES string of the molecule is CCCCCCCCC/C=C/C(O)C(COC1OC(CO)C(OC2OC(CO)C(O)C(OC3(C(=O)O)CC(O)C(NC(C)=O)C(C(O)C(O)CO)O3)C2O)C(O)C1O)NC(=O)CCCCCCCCCCCCCCCCCCCCCCCCCCCCCCCCCCCCCCC. The van der Waals surface area contributed by atoms with E-state index in [1.54, 1.807) is 6.08 Å². The van der Waals surface area contributed by atoms with Gasteiger partial charge in [-0.15, -0.1) is 0 Å². The van der Waals surface area contributed by atoms with Crippen molar-refractivity contribution in [2.24, 2.45) is 0 Å². The second-order valence-electron chi connectivity index (χ2n) is 29.3. The van der Waals surface area contributed by atoms with Crippen LogP contribution >= 0.6 is 0 Å². The van der Waals surface area contributed by atoms with Gasteiger partial charge in [0.2, 0.25) is 11.8 Å². The summed E-state index contributed by atoms with van der Waals surface area (Å²) in [5.41, 5.74) is 0. The molecule has 2 amide bonds. The van der Waals surface area contributed by atoms with E-state index in [1.807, 2.05) is 6.08 Å². The fourth-order valence-electron chi connectivity index (χ4n) is 14.1. The van der Waals surface area contributed by atoms with E-state index >= 15 is 0 Å². The van der Waals surface area contributed by atoms with Crippen molar-refractivity contribution in [2.75, 3.05) is 26.4 Å². The van der Waals surface area contributed by atoms with E-state index in [2.05, 4.69) is 24.5 Å². The number of carbonyl (C=O) groups excluding carboxylic acids is 2. The molecule has 0 saturated carbocycles. The molecule has 18 atom stereocenters. The minimum atomic E-state index is -3.08. The highest BCUT2D eigenvalue weighted by Gasteiger charge is 2.60. The number of aliphatic hydroxyl groups excluding tert-OH is 11. The summed E-state index contributed by atoms with van der Waals surface area (Å²) in [5, 5.41) is 136. The minimum absolute atomic E-state index is 0.205. The highest BCUT2D eigenvalue weighted by Crippen LogP contribution is 2.39. The van der Waals surface area contributed by atoms with Gasteiger partial charge in [-0.05, 0) is 19.3 Å². The Balaban J connectivity index is 1.37. The normalized spacial score (nSPS) is 27.0. The van der Waals surface area contributed by atoms with Gasteiger partial charge in [0.1, 0.15) is 67.1 Å². The average Bonchev–Trinajstić information content (AvgIpc) is 0.759. The standard InChI is InChI=1S/C77H144N2O21/c1-4-6-8-10-12-14-15-16-17-18-19-20-21-22-23-24-25-26-27-28-29-30-31-32-33-34-35-36-37-38-39-40-41-43-45-47-49-51-64(87)79-58(59(84)50-48-46-44-42-13-11-9-7-5-2)56-95-74-69(91)68(90)71(63(55-82)97-74)98-75-70(92)73(67(89)62(54-81)96-75)100-77(76(93)94)52-60(85)65(78-57(3)83)72(99-77)66(88)61(86)53-80/h48,50,58-63,65-75,80-82,84-86,88-92H,4-47,49,51-56H2,1-3H3,(H,78,83)(H,79,87)(H,93,94)/b50-48+. The summed E-state index contributed by atoms with van der Waals surface area (Å²) in [6.45, 7) is 2.12. The molecule has 0 aromatic carbocycles. The number of allylic oxidation sites excluding steroid dienone is 1. The first kappa shape index (κ1) is 91.7. The van der Waals surface area contributed by atoms with Gasteiger partial charge in [0, 0.05) is 19.8 Å². The molecule has 23 nitrogen and oxygen atoms in total. The lowest BCUT2D eigenvalue weighted by Crippen LogP contribution is -2.70. The highest BCUT2D eigenvalue weighted by molar-refractivity contribution is 5.77. The molecule has 3 aliphatic rings. The van der Waals surface area contributed by atoms with Gasteiger partial charge in [0.05, 0.1) is 50.7 Å². The summed E-state index contributed by atoms with van der Waals surface area (Å²) in [7, 11) is 0. The summed E-state index contributed by atoms with van der Waals surface area (Å²) < 4.78 is 34.8. The predicted octanol–water partition coefficient (Wildman–Crippen LogP) is 10.2. The van der Waals surface area contributed by atoms with Crippen LogP contribution in [0.4, 0.5) is 0 Å². The van der Waals surface area contributed by atoms with Gasteiger partial charge in [-0.3, -0.25) is 9.59 Å². The number of aliphatic carboxylic acids is 1. The van der Waals surface area contributed by atoms with E-state index in [0.29, 0.717) is 12.8 Å². The molecule has 3 fully saturated rings. The van der Waals surface area contributed by atoms with Gasteiger partial charge in [0.15, 0.2) is 12.6 Å². The van der Waals surface area contributed by atoms with Crippen LogP contribution < -0.4 is 10.6 Å². The maximum absolute atomic E-state index is 13.4. The van der Waals surface area contributed by atoms with Crippen LogP contribution in [0.2, 0.25) is 0 Å². The summed E-state index contributed by atoms with van der Waals surface area (Å²) in [5.74, 6) is -6.14. The molecule has 0 spiro atoms. The van der Waals surface area contributed by atoms with Crippen LogP contribution in [-0.2, 0) is 42.8 Å². The Morgan fingerprint density at radius 1 is 0.520 bits per heavy atom. The summed E-state index contributed by atoms with van der Waals surface area (Å²) in [4.78, 5) is 38.5. The first-order chi connectivity index (χ1) is 48.4. The molecule has 0 aromatic heterocycles. The Bertz CT molecular complexity index is 2050. The zero-order valence-corrected chi connectivity index (χ0v) is 62.1. The van der Waals surface area contributed by atoms with Crippen molar-refractivity contribution < 1.29 is 104 Å². The molecule has 3 rings (SSSR count). The molecule has 588 valence electrons. The number of carbonyl (C=O) groups is 3. The lowest BCUT2D eigenvalue weighted by atomic mass is 9.88. The van der Waals surface area contributed by atoms with E-state index in [9.17, 15) is 75.7 Å². The number of carboxylic acids is 1. The third-order valence-corrected chi connectivity index (χ3v) is 20.5. The second kappa shape index (κ2) is 56.8. The molecule has 3 saturated heterocycles. The molecule has 23 heteroatoms. The van der Waals surface area contributed by atoms with Gasteiger partial charge in [-0.2, -0.15) is 0 Å². The number of unbranched alkanes of at least 4 members (excludes halogenated alkanes) is 43. The van der Waals surface area contributed by atoms with Gasteiger partial charge in [-0.1, -0.05) is 296 Å². The van der Waals surface area contributed by atoms with Crippen molar-refractivity contribution in [1.82, 2.24) is 10.6 Å². The van der Waals surface area contributed by atoms with Crippen molar-refractivity contribution in [2.45, 2.75) is 432 Å². The molecule has 0 aromatic rings. The Kier molecular flexibility index (Phi) is 52.0. The smallest absolute Gasteiger partial charge is 0.364 e. The molecule has 0 radical (unpaired) electrons. The Morgan fingerprint density at radius 3 is 1.33 bits per heavy atom. The van der Waals surface area contributed by atoms with Crippen molar-refractivity contribution in [3.8, 4) is 0 Å². The average molecular weight is 1430 g/mol. The number of nitrogens with one attached hydrogen (secondary N) is 2. The van der Waals surface area contributed by atoms with Crippen LogP contribution in [0.15, 0.2) is 12.2 Å². The zero-order valence-electron chi connectivity index (χ0n) is 62.1. The first-order valence-electron chi connectivity index (χ1n) is 40.1. The summed E-state index contributed by atoms with van der Waals surface area (Å²) in [6, 6.07) is -2.61. The minimum Gasteiger partial charge on any atom is -0.477 e. The van der Waals surface area contributed by atoms with Crippen LogP contribution in [0.1, 0.15) is 323 Å². The van der Waals surface area contributed by atoms with Crippen LogP contribution in [0, 0.1) is 0 Å². The Labute approximate surface area is 601 Å². The third kappa shape index (κ3) is 37.1. The van der Waals surface area contributed by atoms with E-state index in [-0.39, 0.29) is 12.3 Å². The number of amides is 2. The largest absolute Gasteiger partial charge is 0.477 e. The van der Waals surface area contributed by atoms with Crippen LogP contribution in [-0.4, -0.2) is 215 Å². The first-order valence-corrected chi connectivity index (χ1v) is 40.1. The van der Waals surface area contributed by atoms with Crippen molar-refractivity contribution in [1.29, 1.82) is 0 Å². The lowest BCUT2D eigenvalue weighted by molar-refractivity contribution is -0.386. The quantitative estimate of drug-likeness (QED) is 0.0199. The van der Waals surface area contributed by atoms with E-state index in [4.69, 9.17) is 28.4 Å². The fourth-order valence-corrected chi connectivity index (χ4v) is 14.1. The number of ether oxygens (including phenoxy) is 6. The van der Waals surface area contributed by atoms with E-state index < -0.39 is 155 Å². The topological polar surface area (TPSA) is 373 Å². The molecule has 100 heavy (non-hydrogen) atoms. The molecule has 3 heterocycles. The summed E-state index contributed by atoms with van der Waals surface area (Å²) in [6.07, 6.45) is 31.9. The lowest BCUT2D eigenvalue weighted by Gasteiger charge is -2.50. The van der Waals surface area contributed by atoms with Crippen LogP contribution in [0.3, 0.4) is 0 Å².